The van der Waals surface area contributed by atoms with E-state index in [-0.39, 0.29) is 18.3 Å². The van der Waals surface area contributed by atoms with Crippen LogP contribution in [0.15, 0.2) is 58.0 Å². The Bertz CT molecular complexity index is 1090. The number of nitrogens with one attached hydrogen (secondary N) is 2. The molecule has 2 aromatic carbocycles. The number of amidine groups is 2. The van der Waals surface area contributed by atoms with Gasteiger partial charge in [0.25, 0.3) is 0 Å². The lowest BCUT2D eigenvalue weighted by Crippen LogP contribution is -2.67. The maximum atomic E-state index is 11.0. The third kappa shape index (κ3) is 5.14. The van der Waals surface area contributed by atoms with Gasteiger partial charge in [0.15, 0.2) is 6.29 Å². The van der Waals surface area contributed by atoms with Crippen molar-refractivity contribution in [3.05, 3.63) is 64.1 Å². The van der Waals surface area contributed by atoms with E-state index in [9.17, 15) is 10.4 Å². The first-order valence-electron chi connectivity index (χ1n) is 10.4. The first kappa shape index (κ1) is 23.5. The van der Waals surface area contributed by atoms with Crippen molar-refractivity contribution in [2.45, 2.75) is 43.7 Å². The van der Waals surface area contributed by atoms with Crippen LogP contribution in [-0.2, 0) is 14.2 Å². The molecule has 0 aromatic heterocycles. The number of hydrogen-bond acceptors (Lipinski definition) is 7. The van der Waals surface area contributed by atoms with Gasteiger partial charge in [-0.3, -0.25) is 5.41 Å². The summed E-state index contributed by atoms with van der Waals surface area (Å²) in [5, 5.41) is 31.4. The molecule has 0 amide bonds. The number of hydrogen-bond donors (Lipinski definition) is 4. The number of nitrogens with two attached hydrogens (primary N) is 1. The molecule has 0 spiro atoms. The van der Waals surface area contributed by atoms with Crippen LogP contribution in [0.5, 0.6) is 0 Å². The summed E-state index contributed by atoms with van der Waals surface area (Å²) in [6.07, 6.45) is -3.92. The Morgan fingerprint density at radius 3 is 2.73 bits per heavy atom. The first-order valence-corrected chi connectivity index (χ1v) is 11.2. The van der Waals surface area contributed by atoms with Crippen LogP contribution in [0.1, 0.15) is 24.3 Å². The van der Waals surface area contributed by atoms with Crippen molar-refractivity contribution in [1.29, 1.82) is 10.7 Å². The predicted octanol–water partition coefficient (Wildman–Crippen LogP) is 2.70. The zero-order valence-electron chi connectivity index (χ0n) is 17.8. The number of nitriles is 1. The quantitative estimate of drug-likeness (QED) is 0.364. The Hall–Kier alpha value is -2.65. The molecule has 2 aromatic rings. The molecule has 0 bridgehead atoms. The molecule has 0 radical (unpaired) electrons. The zero-order chi connectivity index (χ0) is 23.5. The van der Waals surface area contributed by atoms with Crippen LogP contribution in [0.25, 0.3) is 0 Å². The van der Waals surface area contributed by atoms with E-state index in [1.165, 1.54) is 6.92 Å². The Morgan fingerprint density at radius 1 is 1.27 bits per heavy atom. The fourth-order valence-electron chi connectivity index (χ4n) is 3.88. The van der Waals surface area contributed by atoms with Crippen molar-refractivity contribution < 1.29 is 19.3 Å². The van der Waals surface area contributed by atoms with Crippen LogP contribution in [0, 0.1) is 16.7 Å². The average molecular weight is 514 g/mol. The van der Waals surface area contributed by atoms with Crippen LogP contribution in [0.3, 0.4) is 0 Å². The van der Waals surface area contributed by atoms with Gasteiger partial charge in [-0.1, -0.05) is 46.3 Å². The zero-order valence-corrected chi connectivity index (χ0v) is 19.4. The standard InChI is InChI=1S/C23H24BrN5O4/c1-12(26)28-22(29-16-9-15(24)8-7-14(16)10-25)21-19(30)18(27)20-17(32-21)11-31-23(33-20)13-5-3-2-4-6-13/h2-9,17-21,23,30H,11,27H2,1H3,(H2,26,28,29). The molecule has 2 aliphatic rings. The summed E-state index contributed by atoms with van der Waals surface area (Å²) in [6.45, 7) is 1.71. The summed E-state index contributed by atoms with van der Waals surface area (Å²) in [7, 11) is 0. The molecule has 9 nitrogen and oxygen atoms in total. The molecule has 2 fully saturated rings. The first-order chi connectivity index (χ1) is 15.9. The molecular weight excluding hydrogens is 490 g/mol. The van der Waals surface area contributed by atoms with Crippen molar-refractivity contribution >= 4 is 33.3 Å². The Labute approximate surface area is 199 Å². The van der Waals surface area contributed by atoms with E-state index in [4.69, 9.17) is 25.4 Å². The second kappa shape index (κ2) is 10.1. The molecule has 2 heterocycles. The van der Waals surface area contributed by atoms with Gasteiger partial charge >= 0.3 is 0 Å². The predicted molar refractivity (Wildman–Crippen MR) is 126 cm³/mol. The Kier molecular flexibility index (Phi) is 7.19. The van der Waals surface area contributed by atoms with Crippen molar-refractivity contribution in [3.8, 4) is 6.07 Å². The molecule has 10 heteroatoms. The smallest absolute Gasteiger partial charge is 0.184 e. The second-order valence-electron chi connectivity index (χ2n) is 7.85. The molecule has 172 valence electrons. The number of benzene rings is 2. The van der Waals surface area contributed by atoms with E-state index in [1.807, 2.05) is 30.3 Å². The lowest BCUT2D eigenvalue weighted by molar-refractivity contribution is -0.299. The van der Waals surface area contributed by atoms with Crippen LogP contribution in [0.4, 0.5) is 5.69 Å². The third-order valence-electron chi connectivity index (χ3n) is 5.46. The van der Waals surface area contributed by atoms with Gasteiger partial charge in [-0.15, -0.1) is 0 Å². The number of ether oxygens (including phenoxy) is 3. The monoisotopic (exact) mass is 513 g/mol. The molecule has 0 aliphatic carbocycles. The maximum Gasteiger partial charge on any atom is 0.184 e. The summed E-state index contributed by atoms with van der Waals surface area (Å²) >= 11 is 3.39. The van der Waals surface area contributed by atoms with Crippen molar-refractivity contribution in [1.82, 2.24) is 0 Å². The highest BCUT2D eigenvalue weighted by Gasteiger charge is 2.49. The number of rotatable bonds is 3. The van der Waals surface area contributed by atoms with Crippen LogP contribution < -0.4 is 11.1 Å². The average Bonchev–Trinajstić information content (AvgIpc) is 2.81. The van der Waals surface area contributed by atoms with Gasteiger partial charge in [-0.25, -0.2) is 4.99 Å². The maximum absolute atomic E-state index is 11.0. The molecule has 5 N–H and O–H groups in total. The van der Waals surface area contributed by atoms with Gasteiger partial charge in [0.05, 0.1) is 23.9 Å². The molecule has 2 aliphatic heterocycles. The minimum atomic E-state index is -1.18. The van der Waals surface area contributed by atoms with E-state index < -0.39 is 36.7 Å². The Balaban J connectivity index is 1.58. The number of fused-ring (bicyclic) bond motifs is 1. The number of aliphatic imine (C=N–C) groups is 1. The van der Waals surface area contributed by atoms with Gasteiger partial charge < -0.3 is 30.4 Å². The lowest BCUT2D eigenvalue weighted by Gasteiger charge is -2.47. The second-order valence-corrected chi connectivity index (χ2v) is 8.76. The number of halogens is 1. The van der Waals surface area contributed by atoms with Crippen molar-refractivity contribution in [3.63, 3.8) is 0 Å². The summed E-state index contributed by atoms with van der Waals surface area (Å²) in [5.74, 6) is 0.168. The van der Waals surface area contributed by atoms with E-state index in [0.29, 0.717) is 11.3 Å². The molecule has 2 saturated heterocycles. The summed E-state index contributed by atoms with van der Waals surface area (Å²) < 4.78 is 18.8. The van der Waals surface area contributed by atoms with E-state index in [2.05, 4.69) is 32.3 Å². The van der Waals surface area contributed by atoms with Crippen molar-refractivity contribution in [2.24, 2.45) is 10.7 Å². The van der Waals surface area contributed by atoms with Gasteiger partial charge in [0, 0.05) is 10.0 Å². The normalized spacial score (nSPS) is 29.6. The third-order valence-corrected chi connectivity index (χ3v) is 5.95. The van der Waals surface area contributed by atoms with Gasteiger partial charge in [0.1, 0.15) is 42.2 Å². The molecule has 6 unspecified atom stereocenters. The largest absolute Gasteiger partial charge is 0.388 e. The number of aliphatic hydroxyl groups is 1. The van der Waals surface area contributed by atoms with Gasteiger partial charge in [0.2, 0.25) is 0 Å². The lowest BCUT2D eigenvalue weighted by atomic mass is 9.91. The number of anilines is 1. The topological polar surface area (TPSA) is 146 Å². The van der Waals surface area contributed by atoms with E-state index in [1.54, 1.807) is 18.2 Å². The van der Waals surface area contributed by atoms with Crippen LogP contribution in [-0.4, -0.2) is 53.8 Å². The summed E-state index contributed by atoms with van der Waals surface area (Å²) in [4.78, 5) is 4.23. The number of nitrogens with zero attached hydrogens (tertiary/aromatic N) is 2. The SMILES string of the molecule is CC(=N)/N=C(\Nc1cc(Br)ccc1C#N)C1OC2COC(c3ccccc3)OC2C(N)C1O. The number of aliphatic hydroxyl groups excluding tert-OH is 1. The molecule has 4 rings (SSSR count). The van der Waals surface area contributed by atoms with Gasteiger partial charge in [-0.05, 0) is 25.1 Å². The minimum Gasteiger partial charge on any atom is -0.388 e. The molecule has 0 saturated carbocycles. The highest BCUT2D eigenvalue weighted by Crippen LogP contribution is 2.34. The van der Waals surface area contributed by atoms with Crippen LogP contribution >= 0.6 is 15.9 Å². The van der Waals surface area contributed by atoms with E-state index >= 15 is 0 Å². The highest BCUT2D eigenvalue weighted by atomic mass is 79.9. The van der Waals surface area contributed by atoms with Crippen molar-refractivity contribution in [2.75, 3.05) is 11.9 Å². The molecule has 6 atom stereocenters. The fourth-order valence-corrected chi connectivity index (χ4v) is 4.24. The summed E-state index contributed by atoms with van der Waals surface area (Å²) in [6, 6.07) is 15.9. The summed E-state index contributed by atoms with van der Waals surface area (Å²) in [5.41, 5.74) is 8.08. The van der Waals surface area contributed by atoms with Crippen LogP contribution in [0.2, 0.25) is 0 Å². The molecule has 33 heavy (non-hydrogen) atoms. The fraction of sp³-hybridized carbons (Fsp3) is 0.348. The van der Waals surface area contributed by atoms with E-state index in [0.717, 1.165) is 10.0 Å². The van der Waals surface area contributed by atoms with Gasteiger partial charge in [-0.2, -0.15) is 5.26 Å². The minimum absolute atomic E-state index is 0.00205. The molecular formula is C23H24BrN5O4. The Morgan fingerprint density at radius 2 is 2.03 bits per heavy atom. The highest BCUT2D eigenvalue weighted by molar-refractivity contribution is 9.10.